The number of ether oxygens (including phenoxy) is 1. The van der Waals surface area contributed by atoms with Crippen LogP contribution in [0.15, 0.2) is 23.6 Å². The molecule has 3 rings (SSSR count). The smallest absolute Gasteiger partial charge is 0.339 e. The summed E-state index contributed by atoms with van der Waals surface area (Å²) in [7, 11) is 0. The Balaban J connectivity index is 1.65. The van der Waals surface area contributed by atoms with E-state index >= 15 is 0 Å². The number of amides is 1. The van der Waals surface area contributed by atoms with Crippen LogP contribution in [0.3, 0.4) is 0 Å². The molecule has 1 amide bonds. The second-order valence-electron chi connectivity index (χ2n) is 5.51. The molecule has 2 heterocycles. The number of rotatable bonds is 5. The first-order chi connectivity index (χ1) is 12.0. The molecule has 1 aromatic heterocycles. The zero-order valence-electron chi connectivity index (χ0n) is 13.3. The molecule has 0 bridgehead atoms. The maximum absolute atomic E-state index is 12.3. The van der Waals surface area contributed by atoms with E-state index in [1.807, 2.05) is 0 Å². The zero-order valence-corrected chi connectivity index (χ0v) is 14.1. The number of aromatic hydroxyl groups is 1. The number of hydrogen-bond acceptors (Lipinski definition) is 7. The van der Waals surface area contributed by atoms with Gasteiger partial charge < -0.3 is 20.3 Å². The van der Waals surface area contributed by atoms with Gasteiger partial charge in [-0.25, -0.2) is 9.78 Å². The van der Waals surface area contributed by atoms with Crippen LogP contribution in [0.5, 0.6) is 5.75 Å². The van der Waals surface area contributed by atoms with Crippen LogP contribution in [-0.2, 0) is 11.3 Å². The van der Waals surface area contributed by atoms with Crippen molar-refractivity contribution in [1.29, 1.82) is 0 Å². The van der Waals surface area contributed by atoms with Gasteiger partial charge in [-0.15, -0.1) is 11.3 Å². The Bertz CT molecular complexity index is 786. The van der Waals surface area contributed by atoms with Gasteiger partial charge >= 0.3 is 5.97 Å². The number of carboxylic acids is 1. The van der Waals surface area contributed by atoms with Gasteiger partial charge in [0.05, 0.1) is 19.8 Å². The minimum atomic E-state index is -1.27. The normalized spacial score (nSPS) is 15.0. The van der Waals surface area contributed by atoms with Gasteiger partial charge in [-0.1, -0.05) is 0 Å². The summed E-state index contributed by atoms with van der Waals surface area (Å²) in [5, 5.41) is 23.6. The largest absolute Gasteiger partial charge is 0.507 e. The third-order valence-corrected chi connectivity index (χ3v) is 4.57. The summed E-state index contributed by atoms with van der Waals surface area (Å²) in [5.74, 6) is -2.05. The third kappa shape index (κ3) is 4.32. The number of aromatic nitrogens is 1. The molecule has 0 atom stereocenters. The molecule has 0 saturated carbocycles. The van der Waals surface area contributed by atoms with Crippen LogP contribution in [0.4, 0.5) is 5.69 Å². The summed E-state index contributed by atoms with van der Waals surface area (Å²) < 4.78 is 5.30. The Morgan fingerprint density at radius 2 is 2.08 bits per heavy atom. The zero-order chi connectivity index (χ0) is 17.8. The highest BCUT2D eigenvalue weighted by Crippen LogP contribution is 2.22. The second-order valence-corrected chi connectivity index (χ2v) is 6.45. The maximum Gasteiger partial charge on any atom is 0.339 e. The fourth-order valence-electron chi connectivity index (χ4n) is 2.42. The molecule has 1 saturated heterocycles. The number of benzene rings is 1. The average molecular weight is 363 g/mol. The van der Waals surface area contributed by atoms with E-state index < -0.39 is 11.9 Å². The van der Waals surface area contributed by atoms with Crippen molar-refractivity contribution in [3.05, 3.63) is 39.8 Å². The third-order valence-electron chi connectivity index (χ3n) is 3.73. The van der Waals surface area contributed by atoms with E-state index in [0.29, 0.717) is 19.8 Å². The van der Waals surface area contributed by atoms with E-state index in [4.69, 9.17) is 9.84 Å². The standard InChI is InChI=1S/C16H17N3O5S/c20-13-2-1-10(7-11(13)16(22)23)17-15(21)12-9-25-14(18-12)8-19-3-5-24-6-4-19/h1-2,7,9,20H,3-6,8H2,(H,17,21)(H,22,23). The quantitative estimate of drug-likeness (QED) is 0.692. The Morgan fingerprint density at radius 1 is 1.32 bits per heavy atom. The van der Waals surface area contributed by atoms with Crippen LogP contribution in [0, 0.1) is 0 Å². The molecule has 132 valence electrons. The van der Waals surface area contributed by atoms with Gasteiger partial charge in [-0.05, 0) is 18.2 Å². The minimum absolute atomic E-state index is 0.274. The molecule has 25 heavy (non-hydrogen) atoms. The summed E-state index contributed by atoms with van der Waals surface area (Å²) in [6.45, 7) is 3.75. The molecule has 8 nitrogen and oxygen atoms in total. The fraction of sp³-hybridized carbons (Fsp3) is 0.312. The second kappa shape index (κ2) is 7.60. The lowest BCUT2D eigenvalue weighted by molar-refractivity contribution is 0.0341. The van der Waals surface area contributed by atoms with Crippen molar-refractivity contribution in [2.45, 2.75) is 6.54 Å². The van der Waals surface area contributed by atoms with Crippen molar-refractivity contribution in [1.82, 2.24) is 9.88 Å². The number of hydrogen-bond donors (Lipinski definition) is 3. The molecular weight excluding hydrogens is 346 g/mol. The van der Waals surface area contributed by atoms with Gasteiger partial charge in [0, 0.05) is 24.2 Å². The average Bonchev–Trinajstić information content (AvgIpc) is 3.06. The lowest BCUT2D eigenvalue weighted by atomic mass is 10.2. The van der Waals surface area contributed by atoms with Gasteiger partial charge in [-0.3, -0.25) is 9.69 Å². The van der Waals surface area contributed by atoms with Gasteiger partial charge in [0.1, 0.15) is 22.0 Å². The summed E-state index contributed by atoms with van der Waals surface area (Å²) in [4.78, 5) is 29.8. The van der Waals surface area contributed by atoms with Crippen molar-refractivity contribution in [2.75, 3.05) is 31.6 Å². The highest BCUT2D eigenvalue weighted by molar-refractivity contribution is 7.09. The lowest BCUT2D eigenvalue weighted by Crippen LogP contribution is -2.35. The van der Waals surface area contributed by atoms with Gasteiger partial charge in [-0.2, -0.15) is 0 Å². The first-order valence-corrected chi connectivity index (χ1v) is 8.53. The Labute approximate surface area is 147 Å². The SMILES string of the molecule is O=C(Nc1ccc(O)c(C(=O)O)c1)c1csc(CN2CCOCC2)n1. The fourth-order valence-corrected chi connectivity index (χ4v) is 3.23. The van der Waals surface area contributed by atoms with Crippen molar-refractivity contribution < 1.29 is 24.5 Å². The lowest BCUT2D eigenvalue weighted by Gasteiger charge is -2.25. The van der Waals surface area contributed by atoms with Crippen molar-refractivity contribution in [3.8, 4) is 5.75 Å². The van der Waals surface area contributed by atoms with Crippen LogP contribution in [0.1, 0.15) is 25.9 Å². The molecule has 2 aromatic rings. The van der Waals surface area contributed by atoms with Crippen molar-refractivity contribution >= 4 is 28.9 Å². The predicted molar refractivity (Wildman–Crippen MR) is 91.2 cm³/mol. The number of carbonyl (C=O) groups is 2. The van der Waals surface area contributed by atoms with Gasteiger partial charge in [0.15, 0.2) is 0 Å². The molecule has 0 spiro atoms. The Morgan fingerprint density at radius 3 is 2.80 bits per heavy atom. The van der Waals surface area contributed by atoms with Crippen LogP contribution in [0.2, 0.25) is 0 Å². The number of thiazole rings is 1. The topological polar surface area (TPSA) is 112 Å². The molecule has 0 aliphatic carbocycles. The van der Waals surface area contributed by atoms with Gasteiger partial charge in [0.25, 0.3) is 5.91 Å². The molecule has 1 aliphatic rings. The van der Waals surface area contributed by atoms with Crippen molar-refractivity contribution in [3.63, 3.8) is 0 Å². The van der Waals surface area contributed by atoms with E-state index in [1.54, 1.807) is 5.38 Å². The number of morpholine rings is 1. The summed E-state index contributed by atoms with van der Waals surface area (Å²) in [6.07, 6.45) is 0. The summed E-state index contributed by atoms with van der Waals surface area (Å²) in [5.41, 5.74) is 0.283. The van der Waals surface area contributed by atoms with E-state index in [-0.39, 0.29) is 22.7 Å². The number of carboxylic acid groups (broad SMARTS) is 1. The summed E-state index contributed by atoms with van der Waals surface area (Å²) in [6, 6.07) is 3.86. The Kier molecular flexibility index (Phi) is 5.27. The highest BCUT2D eigenvalue weighted by Gasteiger charge is 2.16. The first kappa shape index (κ1) is 17.3. The van der Waals surface area contributed by atoms with Crippen LogP contribution >= 0.6 is 11.3 Å². The van der Waals surface area contributed by atoms with Crippen LogP contribution in [0.25, 0.3) is 0 Å². The van der Waals surface area contributed by atoms with Crippen LogP contribution < -0.4 is 5.32 Å². The number of aromatic carboxylic acids is 1. The molecule has 1 aromatic carbocycles. The number of nitrogens with zero attached hydrogens (tertiary/aromatic N) is 2. The molecule has 0 radical (unpaired) electrons. The molecule has 0 unspecified atom stereocenters. The first-order valence-electron chi connectivity index (χ1n) is 7.65. The maximum atomic E-state index is 12.3. The van der Waals surface area contributed by atoms with E-state index in [9.17, 15) is 14.7 Å². The summed E-state index contributed by atoms with van der Waals surface area (Å²) >= 11 is 1.40. The number of carbonyl (C=O) groups excluding carboxylic acids is 1. The van der Waals surface area contributed by atoms with Gasteiger partial charge in [0.2, 0.25) is 0 Å². The van der Waals surface area contributed by atoms with Crippen molar-refractivity contribution in [2.24, 2.45) is 0 Å². The monoisotopic (exact) mass is 363 g/mol. The molecule has 3 N–H and O–H groups in total. The van der Waals surface area contributed by atoms with E-state index in [0.717, 1.165) is 18.1 Å². The molecule has 1 fully saturated rings. The van der Waals surface area contributed by atoms with Crippen LogP contribution in [-0.4, -0.2) is 58.3 Å². The molecule has 9 heteroatoms. The number of anilines is 1. The Hall–Kier alpha value is -2.49. The minimum Gasteiger partial charge on any atom is -0.507 e. The van der Waals surface area contributed by atoms with E-state index in [2.05, 4.69) is 15.2 Å². The van der Waals surface area contributed by atoms with E-state index in [1.165, 1.54) is 29.5 Å². The number of nitrogens with one attached hydrogen (secondary N) is 1. The predicted octanol–water partition coefficient (Wildman–Crippen LogP) is 1.63. The highest BCUT2D eigenvalue weighted by atomic mass is 32.1. The molecule has 1 aliphatic heterocycles. The molecular formula is C16H17N3O5S. The number of phenols is 1.